The van der Waals surface area contributed by atoms with Gasteiger partial charge in [0.25, 0.3) is 11.8 Å². The number of carbonyl (C=O) groups excluding carboxylic acids is 2. The maximum Gasteiger partial charge on any atom is 0.417 e. The average Bonchev–Trinajstić information content (AvgIpc) is 2.88. The van der Waals surface area contributed by atoms with Gasteiger partial charge in [0.15, 0.2) is 0 Å². The Morgan fingerprint density at radius 3 is 1.15 bits per heavy atom. The summed E-state index contributed by atoms with van der Waals surface area (Å²) < 4.78 is 84.4. The second-order valence-electron chi connectivity index (χ2n) is 9.16. The van der Waals surface area contributed by atoms with Crippen molar-refractivity contribution in [3.8, 4) is 11.1 Å². The molecule has 10 heteroatoms. The largest absolute Gasteiger partial charge is 0.417 e. The Bertz CT molecular complexity index is 1440. The Morgan fingerprint density at radius 1 is 0.525 bits per heavy atom. The van der Waals surface area contributed by atoms with Crippen LogP contribution in [-0.4, -0.2) is 11.8 Å². The van der Waals surface area contributed by atoms with Crippen molar-refractivity contribution in [2.24, 2.45) is 0 Å². The first-order chi connectivity index (χ1) is 18.7. The molecule has 2 amide bonds. The van der Waals surface area contributed by atoms with Gasteiger partial charge in [-0.2, -0.15) is 26.3 Å². The topological polar surface area (TPSA) is 58.2 Å². The number of alkyl halides is 6. The zero-order valence-electron chi connectivity index (χ0n) is 21.2. The van der Waals surface area contributed by atoms with Crippen LogP contribution in [0.1, 0.15) is 43.0 Å². The van der Waals surface area contributed by atoms with E-state index in [9.17, 15) is 35.9 Å². The normalized spacial score (nSPS) is 11.7. The van der Waals surface area contributed by atoms with E-state index in [-0.39, 0.29) is 22.5 Å². The van der Waals surface area contributed by atoms with Crippen molar-refractivity contribution in [2.75, 3.05) is 10.6 Å². The molecule has 0 saturated heterocycles. The third kappa shape index (κ3) is 6.51. The second kappa shape index (κ2) is 10.9. The van der Waals surface area contributed by atoms with Gasteiger partial charge in [0.2, 0.25) is 0 Å². The lowest BCUT2D eigenvalue weighted by Gasteiger charge is -2.20. The fourth-order valence-corrected chi connectivity index (χ4v) is 4.00. The van der Waals surface area contributed by atoms with Crippen LogP contribution in [0.15, 0.2) is 84.9 Å². The highest BCUT2D eigenvalue weighted by Gasteiger charge is 2.39. The molecule has 4 nitrogen and oxygen atoms in total. The number of halogens is 6. The number of carbonyl (C=O) groups is 2. The SMILES string of the molecule is Cc1ccc(C(=O)Nc2ccc(-c3ccc(NC(=O)c4ccc(C)cc4)cc3C(F)(F)F)c(C(F)(F)F)c2)cc1. The minimum absolute atomic E-state index is 0.200. The Hall–Kier alpha value is -4.60. The zero-order chi connectivity index (χ0) is 29.2. The third-order valence-corrected chi connectivity index (χ3v) is 6.08. The molecule has 4 aromatic carbocycles. The molecule has 0 unspecified atom stereocenters. The maximum atomic E-state index is 14.1. The van der Waals surface area contributed by atoms with E-state index in [4.69, 9.17) is 0 Å². The molecule has 0 atom stereocenters. The lowest BCUT2D eigenvalue weighted by molar-refractivity contribution is -0.139. The molecule has 4 aromatic rings. The standard InChI is InChI=1S/C30H22F6N2O2/c1-17-3-7-19(8-4-17)27(39)37-21-11-13-23(25(15-21)29(31,32)33)24-14-12-22(16-26(24)30(34,35)36)38-28(40)20-9-5-18(2)6-10-20/h3-16H,1-2H3,(H,37,39)(H,38,40). The van der Waals surface area contributed by atoms with Crippen LogP contribution in [0.25, 0.3) is 11.1 Å². The van der Waals surface area contributed by atoms with Gasteiger partial charge in [0, 0.05) is 22.5 Å². The summed E-state index contributed by atoms with van der Waals surface area (Å²) >= 11 is 0. The number of aryl methyl sites for hydroxylation is 2. The molecule has 0 fully saturated rings. The van der Waals surface area contributed by atoms with Crippen LogP contribution in [0.4, 0.5) is 37.7 Å². The van der Waals surface area contributed by atoms with Gasteiger partial charge < -0.3 is 10.6 Å². The molecule has 0 heterocycles. The molecule has 0 aliphatic heterocycles. The first-order valence-electron chi connectivity index (χ1n) is 11.9. The molecule has 40 heavy (non-hydrogen) atoms. The Balaban J connectivity index is 1.71. The Labute approximate surface area is 225 Å². The number of hydrogen-bond donors (Lipinski definition) is 2. The third-order valence-electron chi connectivity index (χ3n) is 6.08. The van der Waals surface area contributed by atoms with E-state index in [1.165, 1.54) is 24.3 Å². The van der Waals surface area contributed by atoms with Crippen LogP contribution in [0.5, 0.6) is 0 Å². The van der Waals surface area contributed by atoms with Crippen molar-refractivity contribution in [3.05, 3.63) is 118 Å². The van der Waals surface area contributed by atoms with E-state index in [2.05, 4.69) is 10.6 Å². The van der Waals surface area contributed by atoms with E-state index >= 15 is 0 Å². The molecule has 0 bridgehead atoms. The van der Waals surface area contributed by atoms with Gasteiger partial charge in [0.05, 0.1) is 11.1 Å². The van der Waals surface area contributed by atoms with Crippen LogP contribution in [-0.2, 0) is 12.4 Å². The molecule has 0 spiro atoms. The summed E-state index contributed by atoms with van der Waals surface area (Å²) in [6.07, 6.45) is -10.1. The van der Waals surface area contributed by atoms with Crippen LogP contribution in [0.3, 0.4) is 0 Å². The summed E-state index contributed by atoms with van der Waals surface area (Å²) in [6.45, 7) is 3.60. The van der Waals surface area contributed by atoms with Crippen LogP contribution in [0, 0.1) is 13.8 Å². The molecule has 4 rings (SSSR count). The first kappa shape index (κ1) is 28.4. The fourth-order valence-electron chi connectivity index (χ4n) is 4.00. The smallest absolute Gasteiger partial charge is 0.322 e. The van der Waals surface area contributed by atoms with Gasteiger partial charge >= 0.3 is 12.4 Å². The van der Waals surface area contributed by atoms with Gasteiger partial charge in [-0.05, 0) is 73.5 Å². The van der Waals surface area contributed by atoms with Gasteiger partial charge in [-0.15, -0.1) is 0 Å². The quantitative estimate of drug-likeness (QED) is 0.242. The summed E-state index contributed by atoms with van der Waals surface area (Å²) in [4.78, 5) is 25.0. The molecule has 0 aliphatic rings. The maximum absolute atomic E-state index is 14.1. The highest BCUT2D eigenvalue weighted by molar-refractivity contribution is 6.05. The second-order valence-corrected chi connectivity index (χ2v) is 9.16. The monoisotopic (exact) mass is 556 g/mol. The highest BCUT2D eigenvalue weighted by Crippen LogP contribution is 2.44. The number of rotatable bonds is 5. The van der Waals surface area contributed by atoms with Crippen molar-refractivity contribution in [1.82, 2.24) is 0 Å². The van der Waals surface area contributed by atoms with E-state index in [1.807, 2.05) is 0 Å². The van der Waals surface area contributed by atoms with E-state index in [1.54, 1.807) is 38.1 Å². The number of amides is 2. The summed E-state index contributed by atoms with van der Waals surface area (Å²) in [5, 5.41) is 4.71. The molecule has 0 aliphatic carbocycles. The molecule has 0 aromatic heterocycles. The van der Waals surface area contributed by atoms with Crippen molar-refractivity contribution >= 4 is 23.2 Å². The Kier molecular flexibility index (Phi) is 7.72. The lowest BCUT2D eigenvalue weighted by Crippen LogP contribution is -2.16. The summed E-state index contributed by atoms with van der Waals surface area (Å²) in [5.41, 5.74) is -2.52. The van der Waals surface area contributed by atoms with Crippen molar-refractivity contribution in [2.45, 2.75) is 26.2 Å². The van der Waals surface area contributed by atoms with Gasteiger partial charge in [0.1, 0.15) is 0 Å². The van der Waals surface area contributed by atoms with Crippen LogP contribution in [0.2, 0.25) is 0 Å². The number of benzene rings is 4. The number of anilines is 2. The number of hydrogen-bond acceptors (Lipinski definition) is 2. The van der Waals surface area contributed by atoms with Gasteiger partial charge in [-0.3, -0.25) is 9.59 Å². The predicted molar refractivity (Wildman–Crippen MR) is 140 cm³/mol. The van der Waals surface area contributed by atoms with E-state index < -0.39 is 46.4 Å². The van der Waals surface area contributed by atoms with Crippen LogP contribution < -0.4 is 10.6 Å². The summed E-state index contributed by atoms with van der Waals surface area (Å²) in [6, 6.07) is 17.8. The molecule has 0 saturated carbocycles. The van der Waals surface area contributed by atoms with Gasteiger partial charge in [-0.1, -0.05) is 47.5 Å². The highest BCUT2D eigenvalue weighted by atomic mass is 19.4. The lowest BCUT2D eigenvalue weighted by atomic mass is 9.93. The molecule has 0 radical (unpaired) electrons. The minimum Gasteiger partial charge on any atom is -0.322 e. The van der Waals surface area contributed by atoms with Crippen LogP contribution >= 0.6 is 0 Å². The zero-order valence-corrected chi connectivity index (χ0v) is 21.2. The molecule has 206 valence electrons. The van der Waals surface area contributed by atoms with Crippen molar-refractivity contribution in [3.63, 3.8) is 0 Å². The molecular formula is C30H22F6N2O2. The summed E-state index contributed by atoms with van der Waals surface area (Å²) in [5.74, 6) is -1.35. The predicted octanol–water partition coefficient (Wildman–Crippen LogP) is 8.51. The van der Waals surface area contributed by atoms with Crippen molar-refractivity contribution < 1.29 is 35.9 Å². The first-order valence-corrected chi connectivity index (χ1v) is 11.9. The minimum atomic E-state index is -5.04. The van der Waals surface area contributed by atoms with E-state index in [0.29, 0.717) is 12.1 Å². The number of nitrogens with one attached hydrogen (secondary N) is 2. The summed E-state index contributed by atoms with van der Waals surface area (Å²) in [7, 11) is 0. The fraction of sp³-hybridized carbons (Fsp3) is 0.133. The van der Waals surface area contributed by atoms with Gasteiger partial charge in [-0.25, -0.2) is 0 Å². The van der Waals surface area contributed by atoms with Crippen molar-refractivity contribution in [1.29, 1.82) is 0 Å². The molecular weight excluding hydrogens is 534 g/mol. The van der Waals surface area contributed by atoms with E-state index in [0.717, 1.165) is 35.4 Å². The molecule has 2 N–H and O–H groups in total. The Morgan fingerprint density at radius 2 is 0.850 bits per heavy atom. The average molecular weight is 557 g/mol.